The summed E-state index contributed by atoms with van der Waals surface area (Å²) in [6, 6.07) is 6.06. The molecule has 0 bridgehead atoms. The van der Waals surface area contributed by atoms with Gasteiger partial charge in [0.25, 0.3) is 0 Å². The zero-order valence-electron chi connectivity index (χ0n) is 11.8. The van der Waals surface area contributed by atoms with Crippen molar-refractivity contribution in [3.63, 3.8) is 0 Å². The van der Waals surface area contributed by atoms with Crippen LogP contribution in [0.1, 0.15) is 30.2 Å². The van der Waals surface area contributed by atoms with Gasteiger partial charge in [0.2, 0.25) is 0 Å². The molecule has 0 spiro atoms. The summed E-state index contributed by atoms with van der Waals surface area (Å²) in [4.78, 5) is 0. The Hall–Kier alpha value is -1.39. The molecule has 1 N–H and O–H groups in total. The highest BCUT2D eigenvalue weighted by atomic mass is 35.5. The molecule has 0 saturated carbocycles. The minimum Gasteiger partial charge on any atom is -0.385 e. The Labute approximate surface area is 123 Å². The summed E-state index contributed by atoms with van der Waals surface area (Å²) in [6.45, 7) is 3.72. The van der Waals surface area contributed by atoms with Crippen molar-refractivity contribution in [2.24, 2.45) is 7.05 Å². The molecular formula is C15H18ClFN2O. The molecule has 1 atom stereocenters. The molecule has 20 heavy (non-hydrogen) atoms. The molecule has 0 aliphatic rings. The zero-order chi connectivity index (χ0) is 14.9. The van der Waals surface area contributed by atoms with Gasteiger partial charge in [-0.1, -0.05) is 30.7 Å². The second-order valence-electron chi connectivity index (χ2n) is 5.05. The molecule has 1 unspecified atom stereocenters. The van der Waals surface area contributed by atoms with E-state index in [1.807, 2.05) is 13.8 Å². The summed E-state index contributed by atoms with van der Waals surface area (Å²) in [5.41, 5.74) is 0.974. The van der Waals surface area contributed by atoms with Crippen LogP contribution >= 0.6 is 11.6 Å². The first kappa shape index (κ1) is 15.0. The maximum Gasteiger partial charge on any atom is 0.130 e. The Morgan fingerprint density at radius 1 is 1.45 bits per heavy atom. The average molecular weight is 297 g/mol. The molecule has 1 aromatic heterocycles. The lowest BCUT2D eigenvalue weighted by Gasteiger charge is -2.27. The van der Waals surface area contributed by atoms with E-state index in [0.29, 0.717) is 23.6 Å². The number of rotatable bonds is 4. The molecule has 2 aromatic rings. The third kappa shape index (κ3) is 2.72. The molecule has 0 aliphatic carbocycles. The van der Waals surface area contributed by atoms with Crippen LogP contribution in [0.2, 0.25) is 5.15 Å². The van der Waals surface area contributed by atoms with Crippen LogP contribution in [0.3, 0.4) is 0 Å². The third-order valence-corrected chi connectivity index (χ3v) is 4.16. The highest BCUT2D eigenvalue weighted by molar-refractivity contribution is 6.30. The van der Waals surface area contributed by atoms with Crippen LogP contribution in [0.15, 0.2) is 24.3 Å². The highest BCUT2D eigenvalue weighted by Gasteiger charge is 2.30. The van der Waals surface area contributed by atoms with Crippen molar-refractivity contribution in [1.82, 2.24) is 9.78 Å². The minimum absolute atomic E-state index is 0.311. The van der Waals surface area contributed by atoms with Gasteiger partial charge in [-0.15, -0.1) is 0 Å². The summed E-state index contributed by atoms with van der Waals surface area (Å²) in [7, 11) is 1.76. The Kier molecular flexibility index (Phi) is 4.16. The second kappa shape index (κ2) is 5.54. The van der Waals surface area contributed by atoms with Crippen molar-refractivity contribution >= 4 is 11.6 Å². The van der Waals surface area contributed by atoms with Gasteiger partial charge in [0, 0.05) is 19.0 Å². The average Bonchev–Trinajstić information content (AvgIpc) is 2.65. The van der Waals surface area contributed by atoms with E-state index in [9.17, 15) is 9.50 Å². The first-order chi connectivity index (χ1) is 9.37. The fraction of sp³-hybridized carbons (Fsp3) is 0.400. The van der Waals surface area contributed by atoms with Crippen LogP contribution < -0.4 is 0 Å². The monoisotopic (exact) mass is 296 g/mol. The lowest BCUT2D eigenvalue weighted by molar-refractivity contribution is 0.0323. The van der Waals surface area contributed by atoms with Crippen molar-refractivity contribution in [3.8, 4) is 0 Å². The number of hydrogen-bond acceptors (Lipinski definition) is 2. The predicted octanol–water partition coefficient (Wildman–Crippen LogP) is 3.36. The van der Waals surface area contributed by atoms with Gasteiger partial charge >= 0.3 is 0 Å². The van der Waals surface area contributed by atoms with Gasteiger partial charge in [-0.25, -0.2) is 4.39 Å². The van der Waals surface area contributed by atoms with E-state index in [4.69, 9.17) is 11.6 Å². The van der Waals surface area contributed by atoms with E-state index >= 15 is 0 Å². The van der Waals surface area contributed by atoms with Crippen molar-refractivity contribution < 1.29 is 9.50 Å². The fourth-order valence-electron chi connectivity index (χ4n) is 2.38. The number of aryl methyl sites for hydroxylation is 2. The number of aromatic nitrogens is 2. The van der Waals surface area contributed by atoms with Crippen LogP contribution in [-0.4, -0.2) is 14.9 Å². The number of benzene rings is 1. The highest BCUT2D eigenvalue weighted by Crippen LogP contribution is 2.33. The van der Waals surface area contributed by atoms with Crippen LogP contribution in [0, 0.1) is 12.7 Å². The largest absolute Gasteiger partial charge is 0.385 e. The Bertz CT molecular complexity index is 626. The van der Waals surface area contributed by atoms with Crippen molar-refractivity contribution in [3.05, 3.63) is 52.1 Å². The zero-order valence-corrected chi connectivity index (χ0v) is 12.6. The molecular weight excluding hydrogens is 279 g/mol. The van der Waals surface area contributed by atoms with Crippen molar-refractivity contribution in [2.75, 3.05) is 0 Å². The molecule has 3 nitrogen and oxygen atoms in total. The van der Waals surface area contributed by atoms with Crippen LogP contribution in [0.25, 0.3) is 0 Å². The van der Waals surface area contributed by atoms with Gasteiger partial charge in [-0.05, 0) is 31.0 Å². The summed E-state index contributed by atoms with van der Waals surface area (Å²) < 4.78 is 15.0. The number of halogens is 2. The normalized spacial score (nSPS) is 14.3. The van der Waals surface area contributed by atoms with Gasteiger partial charge in [-0.2, -0.15) is 5.10 Å². The maximum absolute atomic E-state index is 13.4. The molecule has 2 rings (SSSR count). The molecule has 1 aromatic carbocycles. The number of hydrogen-bond donors (Lipinski definition) is 1. The number of nitrogens with zero attached hydrogens (tertiary/aromatic N) is 2. The first-order valence-electron chi connectivity index (χ1n) is 6.54. The van der Waals surface area contributed by atoms with E-state index in [1.54, 1.807) is 23.9 Å². The van der Waals surface area contributed by atoms with Gasteiger partial charge in [0.1, 0.15) is 11.0 Å². The second-order valence-corrected chi connectivity index (χ2v) is 5.41. The summed E-state index contributed by atoms with van der Waals surface area (Å²) in [5.74, 6) is -0.358. The van der Waals surface area contributed by atoms with E-state index in [2.05, 4.69) is 5.10 Å². The van der Waals surface area contributed by atoms with E-state index in [-0.39, 0.29) is 5.82 Å². The topological polar surface area (TPSA) is 38.1 Å². The lowest BCUT2D eigenvalue weighted by Crippen LogP contribution is -2.28. The fourth-order valence-corrected chi connectivity index (χ4v) is 2.62. The lowest BCUT2D eigenvalue weighted by atomic mass is 9.85. The molecule has 1 heterocycles. The van der Waals surface area contributed by atoms with E-state index in [0.717, 1.165) is 11.3 Å². The smallest absolute Gasteiger partial charge is 0.130 e. The van der Waals surface area contributed by atoms with Gasteiger partial charge in [0.15, 0.2) is 0 Å². The Balaban J connectivity index is 2.41. The summed E-state index contributed by atoms with van der Waals surface area (Å²) in [6.07, 6.45) is 0.770. The molecule has 0 fully saturated rings. The molecule has 108 valence electrons. The van der Waals surface area contributed by atoms with Crippen LogP contribution in [0.4, 0.5) is 4.39 Å². The molecule has 5 heteroatoms. The standard InChI is InChI=1S/C15H18ClFN2O/c1-4-15(20,11-6-5-7-12(17)8-11)9-13-10(2)18-19(3)14(13)16/h5-8,20H,4,9H2,1-3H3. The Morgan fingerprint density at radius 2 is 2.15 bits per heavy atom. The van der Waals surface area contributed by atoms with Crippen LogP contribution in [-0.2, 0) is 19.1 Å². The van der Waals surface area contributed by atoms with Crippen LogP contribution in [0.5, 0.6) is 0 Å². The molecule has 0 radical (unpaired) electrons. The van der Waals surface area contributed by atoms with E-state index < -0.39 is 5.60 Å². The number of aliphatic hydroxyl groups is 1. The van der Waals surface area contributed by atoms with Crippen molar-refractivity contribution in [2.45, 2.75) is 32.3 Å². The van der Waals surface area contributed by atoms with Gasteiger partial charge in [0.05, 0.1) is 11.3 Å². The SMILES string of the molecule is CCC(O)(Cc1c(C)nn(C)c1Cl)c1cccc(F)c1. The minimum atomic E-state index is -1.15. The van der Waals surface area contributed by atoms with Gasteiger partial charge in [-0.3, -0.25) is 4.68 Å². The molecule has 0 amide bonds. The quantitative estimate of drug-likeness (QED) is 0.939. The van der Waals surface area contributed by atoms with Crippen molar-refractivity contribution in [1.29, 1.82) is 0 Å². The summed E-state index contributed by atoms with van der Waals surface area (Å²) in [5, 5.41) is 15.6. The molecule has 0 saturated heterocycles. The van der Waals surface area contributed by atoms with E-state index in [1.165, 1.54) is 12.1 Å². The first-order valence-corrected chi connectivity index (χ1v) is 6.91. The molecule has 0 aliphatic heterocycles. The third-order valence-electron chi connectivity index (χ3n) is 3.69. The Morgan fingerprint density at radius 3 is 2.65 bits per heavy atom. The summed E-state index contributed by atoms with van der Waals surface area (Å²) >= 11 is 6.21. The van der Waals surface area contributed by atoms with Gasteiger partial charge < -0.3 is 5.11 Å². The maximum atomic E-state index is 13.4. The predicted molar refractivity (Wildman–Crippen MR) is 77.2 cm³/mol.